The van der Waals surface area contributed by atoms with Crippen LogP contribution in [0.1, 0.15) is 11.1 Å². The van der Waals surface area contributed by atoms with E-state index in [1.165, 1.54) is 39.8 Å². The number of fused-ring (bicyclic) bond motifs is 1. The van der Waals surface area contributed by atoms with Gasteiger partial charge in [0.15, 0.2) is 5.13 Å². The fraction of sp³-hybridized carbons (Fsp3) is 0.231. The molecule has 0 unspecified atom stereocenters. The lowest BCUT2D eigenvalue weighted by Gasteiger charge is -2.00. The summed E-state index contributed by atoms with van der Waals surface area (Å²) in [6.45, 7) is 4.25. The maximum Gasteiger partial charge on any atom is 0.247 e. The Morgan fingerprint density at radius 3 is 2.90 bits per heavy atom. The Balaban J connectivity index is 1.79. The van der Waals surface area contributed by atoms with Gasteiger partial charge in [0.25, 0.3) is 0 Å². The smallest absolute Gasteiger partial charge is 0.247 e. The lowest BCUT2D eigenvalue weighted by Crippen LogP contribution is -2.18. The van der Waals surface area contributed by atoms with Crippen molar-refractivity contribution in [2.24, 2.45) is 0 Å². The highest BCUT2D eigenvalue weighted by Crippen LogP contribution is 2.28. The van der Waals surface area contributed by atoms with E-state index in [0.29, 0.717) is 5.13 Å². The normalized spacial score (nSPS) is 10.9. The highest BCUT2D eigenvalue weighted by molar-refractivity contribution is 7.22. The van der Waals surface area contributed by atoms with Gasteiger partial charge in [-0.2, -0.15) is 5.10 Å². The van der Waals surface area contributed by atoms with Crippen molar-refractivity contribution in [2.45, 2.75) is 20.4 Å². The standard InChI is InChI=1S/C13H13N5OS/c1-8-3-10-11(4-9(8)2)20-13(16-10)17-12(19)5-18-7-14-6-15-18/h3-4,6-7H,5H2,1-2H3,(H,16,17,19). The second kappa shape index (κ2) is 5.01. The molecule has 0 radical (unpaired) electrons. The van der Waals surface area contributed by atoms with Crippen molar-refractivity contribution in [1.82, 2.24) is 19.7 Å². The minimum absolute atomic E-state index is 0.133. The van der Waals surface area contributed by atoms with Crippen molar-refractivity contribution in [3.8, 4) is 0 Å². The number of thiazole rings is 1. The molecule has 6 nitrogen and oxygen atoms in total. The van der Waals surface area contributed by atoms with Crippen molar-refractivity contribution in [3.63, 3.8) is 0 Å². The monoisotopic (exact) mass is 287 g/mol. The molecule has 0 atom stereocenters. The number of carbonyl (C=O) groups excluding carboxylic acids is 1. The summed E-state index contributed by atoms with van der Waals surface area (Å²) in [6.07, 6.45) is 2.90. The molecule has 0 fully saturated rings. The van der Waals surface area contributed by atoms with Crippen LogP contribution in [0.3, 0.4) is 0 Å². The summed E-state index contributed by atoms with van der Waals surface area (Å²) < 4.78 is 2.54. The zero-order valence-electron chi connectivity index (χ0n) is 11.1. The van der Waals surface area contributed by atoms with Crippen molar-refractivity contribution >= 4 is 32.6 Å². The Labute approximate surface area is 119 Å². The van der Waals surface area contributed by atoms with E-state index >= 15 is 0 Å². The second-order valence-electron chi connectivity index (χ2n) is 4.56. The van der Waals surface area contributed by atoms with E-state index in [0.717, 1.165) is 10.2 Å². The van der Waals surface area contributed by atoms with Gasteiger partial charge in [0.1, 0.15) is 19.2 Å². The van der Waals surface area contributed by atoms with E-state index in [4.69, 9.17) is 0 Å². The van der Waals surface area contributed by atoms with Gasteiger partial charge in [-0.05, 0) is 37.1 Å². The van der Waals surface area contributed by atoms with Gasteiger partial charge in [0.05, 0.1) is 10.2 Å². The summed E-state index contributed by atoms with van der Waals surface area (Å²) in [5.74, 6) is -0.164. The summed E-state index contributed by atoms with van der Waals surface area (Å²) in [4.78, 5) is 20.1. The van der Waals surface area contributed by atoms with Gasteiger partial charge in [-0.15, -0.1) is 0 Å². The topological polar surface area (TPSA) is 72.7 Å². The lowest BCUT2D eigenvalue weighted by atomic mass is 10.1. The number of benzene rings is 1. The molecule has 0 aliphatic rings. The third-order valence-electron chi connectivity index (χ3n) is 3.02. The molecule has 102 valence electrons. The Bertz CT molecular complexity index is 724. The number of amides is 1. The largest absolute Gasteiger partial charge is 0.300 e. The van der Waals surface area contributed by atoms with E-state index in [-0.39, 0.29) is 12.5 Å². The fourth-order valence-corrected chi connectivity index (χ4v) is 2.82. The van der Waals surface area contributed by atoms with Crippen LogP contribution in [0.15, 0.2) is 24.8 Å². The molecule has 1 N–H and O–H groups in total. The summed E-state index contributed by atoms with van der Waals surface area (Å²) in [6, 6.07) is 4.13. The SMILES string of the molecule is Cc1cc2nc(NC(=O)Cn3cncn3)sc2cc1C. The molecule has 0 spiro atoms. The van der Waals surface area contributed by atoms with E-state index in [1.807, 2.05) is 6.07 Å². The second-order valence-corrected chi connectivity index (χ2v) is 5.60. The van der Waals surface area contributed by atoms with Gasteiger partial charge in [-0.1, -0.05) is 11.3 Å². The summed E-state index contributed by atoms with van der Waals surface area (Å²) in [7, 11) is 0. The molecular formula is C13H13N5OS. The number of nitrogens with zero attached hydrogens (tertiary/aromatic N) is 4. The van der Waals surface area contributed by atoms with Crippen LogP contribution in [0.25, 0.3) is 10.2 Å². The van der Waals surface area contributed by atoms with Crippen LogP contribution in [0.2, 0.25) is 0 Å². The first-order chi connectivity index (χ1) is 9.61. The predicted octanol–water partition coefficient (Wildman–Crippen LogP) is 2.14. The summed E-state index contributed by atoms with van der Waals surface area (Å²) in [5, 5.41) is 7.29. The molecule has 2 heterocycles. The van der Waals surface area contributed by atoms with E-state index < -0.39 is 0 Å². The molecule has 0 aliphatic carbocycles. The number of rotatable bonds is 3. The minimum Gasteiger partial charge on any atom is -0.300 e. The molecule has 0 saturated heterocycles. The third kappa shape index (κ3) is 2.53. The van der Waals surface area contributed by atoms with Gasteiger partial charge in [0.2, 0.25) is 5.91 Å². The molecule has 1 amide bonds. The van der Waals surface area contributed by atoms with Crippen molar-refractivity contribution in [2.75, 3.05) is 5.32 Å². The quantitative estimate of drug-likeness (QED) is 0.801. The van der Waals surface area contributed by atoms with Gasteiger partial charge in [0, 0.05) is 0 Å². The molecule has 0 aliphatic heterocycles. The predicted molar refractivity (Wildman–Crippen MR) is 77.7 cm³/mol. The van der Waals surface area contributed by atoms with Gasteiger partial charge >= 0.3 is 0 Å². The fourth-order valence-electron chi connectivity index (χ4n) is 1.85. The van der Waals surface area contributed by atoms with Crippen LogP contribution < -0.4 is 5.32 Å². The molecule has 3 aromatic rings. The van der Waals surface area contributed by atoms with Gasteiger partial charge in [-0.3, -0.25) is 4.79 Å². The third-order valence-corrected chi connectivity index (χ3v) is 3.96. The van der Waals surface area contributed by atoms with Crippen LogP contribution in [-0.4, -0.2) is 25.7 Å². The Morgan fingerprint density at radius 1 is 1.35 bits per heavy atom. The summed E-state index contributed by atoms with van der Waals surface area (Å²) in [5.41, 5.74) is 3.33. The van der Waals surface area contributed by atoms with Crippen LogP contribution in [0.4, 0.5) is 5.13 Å². The molecule has 3 rings (SSSR count). The first kappa shape index (κ1) is 12.7. The van der Waals surface area contributed by atoms with E-state index in [2.05, 4.69) is 40.3 Å². The Morgan fingerprint density at radius 2 is 2.15 bits per heavy atom. The molecule has 0 saturated carbocycles. The van der Waals surface area contributed by atoms with Crippen molar-refractivity contribution in [1.29, 1.82) is 0 Å². The van der Waals surface area contributed by atoms with Crippen LogP contribution in [-0.2, 0) is 11.3 Å². The number of nitrogens with one attached hydrogen (secondary N) is 1. The van der Waals surface area contributed by atoms with Gasteiger partial charge < -0.3 is 5.32 Å². The molecule has 7 heteroatoms. The van der Waals surface area contributed by atoms with Gasteiger partial charge in [-0.25, -0.2) is 14.6 Å². The number of hydrogen-bond acceptors (Lipinski definition) is 5. The zero-order valence-corrected chi connectivity index (χ0v) is 11.9. The molecular weight excluding hydrogens is 274 g/mol. The molecule has 0 bridgehead atoms. The summed E-state index contributed by atoms with van der Waals surface area (Å²) >= 11 is 1.47. The van der Waals surface area contributed by atoms with E-state index in [1.54, 1.807) is 0 Å². The average molecular weight is 287 g/mol. The highest BCUT2D eigenvalue weighted by Gasteiger charge is 2.09. The Kier molecular flexibility index (Phi) is 3.19. The van der Waals surface area contributed by atoms with Crippen molar-refractivity contribution in [3.05, 3.63) is 35.9 Å². The molecule has 1 aromatic carbocycles. The first-order valence-corrected chi connectivity index (χ1v) is 6.93. The number of carbonyl (C=O) groups is 1. The van der Waals surface area contributed by atoms with Crippen LogP contribution >= 0.6 is 11.3 Å². The number of aryl methyl sites for hydroxylation is 2. The number of aromatic nitrogens is 4. The zero-order chi connectivity index (χ0) is 14.1. The lowest BCUT2D eigenvalue weighted by molar-refractivity contribution is -0.116. The first-order valence-electron chi connectivity index (χ1n) is 6.12. The average Bonchev–Trinajstić information content (AvgIpc) is 2.99. The maximum absolute atomic E-state index is 11.9. The molecule has 2 aromatic heterocycles. The maximum atomic E-state index is 11.9. The van der Waals surface area contributed by atoms with Crippen LogP contribution in [0.5, 0.6) is 0 Å². The minimum atomic E-state index is -0.164. The van der Waals surface area contributed by atoms with E-state index in [9.17, 15) is 4.79 Å². The highest BCUT2D eigenvalue weighted by atomic mass is 32.1. The number of anilines is 1. The van der Waals surface area contributed by atoms with Crippen molar-refractivity contribution < 1.29 is 4.79 Å². The molecule has 20 heavy (non-hydrogen) atoms. The Hall–Kier alpha value is -2.28. The number of hydrogen-bond donors (Lipinski definition) is 1. The van der Waals surface area contributed by atoms with Crippen LogP contribution in [0, 0.1) is 13.8 Å².